The average Bonchev–Trinajstić information content (AvgIpc) is 2.75. The molecule has 0 aliphatic rings. The Morgan fingerprint density at radius 1 is 1.00 bits per heavy atom. The van der Waals surface area contributed by atoms with E-state index in [1.54, 1.807) is 29.4 Å². The van der Waals surface area contributed by atoms with E-state index in [0.29, 0.717) is 17.2 Å². The second-order valence-corrected chi connectivity index (χ2v) is 6.62. The van der Waals surface area contributed by atoms with Crippen LogP contribution in [-0.2, 0) is 6.18 Å². The highest BCUT2D eigenvalue weighted by Gasteiger charge is 2.32. The molecule has 0 aliphatic carbocycles. The van der Waals surface area contributed by atoms with Gasteiger partial charge in [0.15, 0.2) is 0 Å². The predicted molar refractivity (Wildman–Crippen MR) is 109 cm³/mol. The molecule has 0 bridgehead atoms. The molecule has 3 aromatic rings. The number of halogens is 3. The highest BCUT2D eigenvalue weighted by atomic mass is 19.4. The van der Waals surface area contributed by atoms with Crippen molar-refractivity contribution in [3.63, 3.8) is 0 Å². The van der Waals surface area contributed by atoms with Crippen LogP contribution in [0.5, 0.6) is 0 Å². The molecule has 0 radical (unpaired) electrons. The molecule has 164 valence electrons. The lowest BCUT2D eigenvalue weighted by Crippen LogP contribution is -2.31. The zero-order valence-corrected chi connectivity index (χ0v) is 16.6. The minimum Gasteiger partial charge on any atom is -0.395 e. The van der Waals surface area contributed by atoms with E-state index in [1.807, 2.05) is 13.0 Å². The van der Waals surface area contributed by atoms with Crippen molar-refractivity contribution in [2.45, 2.75) is 13.1 Å². The number of aromatic nitrogens is 4. The number of alkyl halides is 3. The van der Waals surface area contributed by atoms with Gasteiger partial charge in [-0.3, -0.25) is 0 Å². The molecule has 2 aromatic heterocycles. The molecule has 0 fully saturated rings. The Morgan fingerprint density at radius 2 is 1.68 bits per heavy atom. The minimum absolute atomic E-state index is 0.102. The normalized spacial score (nSPS) is 11.4. The van der Waals surface area contributed by atoms with Crippen molar-refractivity contribution in [2.75, 3.05) is 36.5 Å². The Bertz CT molecular complexity index is 1010. The molecule has 0 amide bonds. The Labute approximate surface area is 176 Å². The summed E-state index contributed by atoms with van der Waals surface area (Å²) in [5.41, 5.74) is 1.86. The van der Waals surface area contributed by atoms with Crippen molar-refractivity contribution in [1.82, 2.24) is 19.9 Å². The van der Waals surface area contributed by atoms with Gasteiger partial charge in [0.1, 0.15) is 5.69 Å². The van der Waals surface area contributed by atoms with Gasteiger partial charge in [0.05, 0.1) is 13.2 Å². The van der Waals surface area contributed by atoms with E-state index in [0.717, 1.165) is 23.4 Å². The summed E-state index contributed by atoms with van der Waals surface area (Å²) in [6, 6.07) is 6.07. The molecule has 2 heterocycles. The van der Waals surface area contributed by atoms with Crippen LogP contribution in [0, 0.1) is 6.92 Å². The van der Waals surface area contributed by atoms with Crippen molar-refractivity contribution in [3.05, 3.63) is 54.1 Å². The molecule has 3 rings (SSSR count). The molecule has 0 aliphatic heterocycles. The van der Waals surface area contributed by atoms with Crippen molar-refractivity contribution in [2.24, 2.45) is 0 Å². The molecule has 1 aromatic carbocycles. The lowest BCUT2D eigenvalue weighted by Gasteiger charge is -2.20. The smallest absolute Gasteiger partial charge is 0.395 e. The van der Waals surface area contributed by atoms with Gasteiger partial charge in [0.25, 0.3) is 0 Å². The summed E-state index contributed by atoms with van der Waals surface area (Å²) in [7, 11) is 0. The van der Waals surface area contributed by atoms with E-state index in [1.165, 1.54) is 0 Å². The first kappa shape index (κ1) is 22.4. The summed E-state index contributed by atoms with van der Waals surface area (Å²) < 4.78 is 38.6. The number of hydrogen-bond acceptors (Lipinski definition) is 8. The van der Waals surface area contributed by atoms with Gasteiger partial charge in [0.2, 0.25) is 11.9 Å². The maximum atomic E-state index is 12.9. The summed E-state index contributed by atoms with van der Waals surface area (Å²) in [6.45, 7) is 2.26. The fourth-order valence-corrected chi connectivity index (χ4v) is 2.89. The van der Waals surface area contributed by atoms with Crippen LogP contribution in [0.15, 0.2) is 42.9 Å². The first-order valence-electron chi connectivity index (χ1n) is 9.39. The highest BCUT2D eigenvalue weighted by molar-refractivity contribution is 5.72. The van der Waals surface area contributed by atoms with Crippen LogP contribution >= 0.6 is 0 Å². The summed E-state index contributed by atoms with van der Waals surface area (Å²) >= 11 is 0. The van der Waals surface area contributed by atoms with Gasteiger partial charge in [-0.15, -0.1) is 0 Å². The summed E-state index contributed by atoms with van der Waals surface area (Å²) in [5.74, 6) is 0.205. The number of aliphatic hydroxyl groups excluding tert-OH is 2. The number of rotatable bonds is 8. The van der Waals surface area contributed by atoms with Crippen LogP contribution in [0.2, 0.25) is 0 Å². The third-order valence-electron chi connectivity index (χ3n) is 4.41. The van der Waals surface area contributed by atoms with E-state index in [4.69, 9.17) is 10.2 Å². The maximum Gasteiger partial charge on any atom is 0.433 e. The Morgan fingerprint density at radius 3 is 2.29 bits per heavy atom. The predicted octanol–water partition coefficient (Wildman–Crippen LogP) is 2.80. The number of aryl methyl sites for hydroxylation is 1. The molecule has 8 nitrogen and oxygen atoms in total. The largest absolute Gasteiger partial charge is 0.433 e. The average molecular weight is 434 g/mol. The van der Waals surface area contributed by atoms with Crippen LogP contribution in [0.4, 0.5) is 30.8 Å². The fourth-order valence-electron chi connectivity index (χ4n) is 2.89. The molecule has 31 heavy (non-hydrogen) atoms. The number of hydrogen-bond donors (Lipinski definition) is 3. The van der Waals surface area contributed by atoms with Crippen molar-refractivity contribution in [1.29, 1.82) is 0 Å². The van der Waals surface area contributed by atoms with Crippen molar-refractivity contribution in [3.8, 4) is 11.1 Å². The Kier molecular flexibility index (Phi) is 6.98. The topological polar surface area (TPSA) is 107 Å². The molecule has 0 atom stereocenters. The van der Waals surface area contributed by atoms with Crippen LogP contribution < -0.4 is 10.2 Å². The van der Waals surface area contributed by atoms with Gasteiger partial charge in [0, 0.05) is 42.9 Å². The monoisotopic (exact) mass is 434 g/mol. The zero-order chi connectivity index (χ0) is 22.4. The van der Waals surface area contributed by atoms with Crippen molar-refractivity contribution < 1.29 is 23.4 Å². The van der Waals surface area contributed by atoms with Gasteiger partial charge in [-0.1, -0.05) is 6.07 Å². The highest BCUT2D eigenvalue weighted by Crippen LogP contribution is 2.30. The zero-order valence-electron chi connectivity index (χ0n) is 16.6. The van der Waals surface area contributed by atoms with E-state index in [9.17, 15) is 13.2 Å². The second kappa shape index (κ2) is 9.67. The standard InChI is InChI=1S/C20H21F3N6O2/c1-13-2-3-15(27-18-24-5-4-17(28-18)20(21,22)23)10-16(13)14-11-25-19(26-12-14)29(6-8-30)7-9-31/h2-5,10-12,30-31H,6-9H2,1H3,(H,24,27,28). The molecular formula is C20H21F3N6O2. The number of aliphatic hydroxyl groups is 2. The molecule has 0 saturated heterocycles. The summed E-state index contributed by atoms with van der Waals surface area (Å²) in [5, 5.41) is 21.1. The molecular weight excluding hydrogens is 413 g/mol. The number of nitrogens with one attached hydrogen (secondary N) is 1. The molecule has 11 heteroatoms. The number of nitrogens with zero attached hydrogens (tertiary/aromatic N) is 5. The molecule has 0 saturated carbocycles. The van der Waals surface area contributed by atoms with E-state index in [-0.39, 0.29) is 32.3 Å². The second-order valence-electron chi connectivity index (χ2n) is 6.62. The summed E-state index contributed by atoms with van der Waals surface area (Å²) in [4.78, 5) is 17.6. The third-order valence-corrected chi connectivity index (χ3v) is 4.41. The van der Waals surface area contributed by atoms with Crippen LogP contribution in [-0.4, -0.2) is 56.5 Å². The van der Waals surface area contributed by atoms with Gasteiger partial charge in [-0.2, -0.15) is 13.2 Å². The first-order chi connectivity index (χ1) is 14.8. The first-order valence-corrected chi connectivity index (χ1v) is 9.39. The van der Waals surface area contributed by atoms with Gasteiger partial charge in [-0.05, 0) is 36.2 Å². The van der Waals surface area contributed by atoms with Crippen molar-refractivity contribution >= 4 is 17.6 Å². The quantitative estimate of drug-likeness (QED) is 0.497. The van der Waals surface area contributed by atoms with Crippen LogP contribution in [0.25, 0.3) is 11.1 Å². The van der Waals surface area contributed by atoms with E-state index >= 15 is 0 Å². The number of anilines is 3. The minimum atomic E-state index is -4.56. The number of benzene rings is 1. The SMILES string of the molecule is Cc1ccc(Nc2nccc(C(F)(F)F)n2)cc1-c1cnc(N(CCO)CCO)nc1. The lowest BCUT2D eigenvalue weighted by molar-refractivity contribution is -0.141. The van der Waals surface area contributed by atoms with E-state index < -0.39 is 11.9 Å². The third kappa shape index (κ3) is 5.64. The molecule has 3 N–H and O–H groups in total. The van der Waals surface area contributed by atoms with Gasteiger partial charge in [-0.25, -0.2) is 19.9 Å². The van der Waals surface area contributed by atoms with Gasteiger partial charge < -0.3 is 20.4 Å². The molecule has 0 unspecified atom stereocenters. The fraction of sp³-hybridized carbons (Fsp3) is 0.300. The Balaban J connectivity index is 1.84. The maximum absolute atomic E-state index is 12.9. The van der Waals surface area contributed by atoms with Crippen LogP contribution in [0.1, 0.15) is 11.3 Å². The molecule has 0 spiro atoms. The summed E-state index contributed by atoms with van der Waals surface area (Å²) in [6.07, 6.45) is -0.297. The van der Waals surface area contributed by atoms with Gasteiger partial charge >= 0.3 is 6.18 Å². The van der Waals surface area contributed by atoms with Crippen LogP contribution in [0.3, 0.4) is 0 Å². The Hall–Kier alpha value is -3.31. The lowest BCUT2D eigenvalue weighted by atomic mass is 10.0. The van der Waals surface area contributed by atoms with E-state index in [2.05, 4.69) is 25.3 Å².